The van der Waals surface area contributed by atoms with Crippen molar-refractivity contribution in [3.8, 4) is 0 Å². The Morgan fingerprint density at radius 1 is 1.33 bits per heavy atom. The summed E-state index contributed by atoms with van der Waals surface area (Å²) >= 11 is 0. The van der Waals surface area contributed by atoms with E-state index in [1.165, 1.54) is 5.56 Å². The second kappa shape index (κ2) is 5.53. The smallest absolute Gasteiger partial charge is 0.251 e. The van der Waals surface area contributed by atoms with Gasteiger partial charge in [0.05, 0.1) is 5.60 Å². The lowest BCUT2D eigenvalue weighted by Crippen LogP contribution is -2.44. The Balaban J connectivity index is 2.69. The lowest BCUT2D eigenvalue weighted by molar-refractivity contribution is 0.0142. The van der Waals surface area contributed by atoms with Crippen molar-refractivity contribution in [2.45, 2.75) is 40.2 Å². The van der Waals surface area contributed by atoms with Crippen LogP contribution in [0.2, 0.25) is 0 Å². The summed E-state index contributed by atoms with van der Waals surface area (Å²) in [5.41, 5.74) is 2.02. The Morgan fingerprint density at radius 3 is 2.44 bits per heavy atom. The molecule has 0 bridgehead atoms. The molecule has 1 unspecified atom stereocenters. The fourth-order valence-corrected chi connectivity index (χ4v) is 1.45. The van der Waals surface area contributed by atoms with Crippen LogP contribution in [0.15, 0.2) is 18.2 Å². The molecule has 1 amide bonds. The van der Waals surface area contributed by atoms with Crippen molar-refractivity contribution in [3.63, 3.8) is 0 Å². The molecular formula is C15H23NO2. The Bertz CT molecular complexity index is 436. The van der Waals surface area contributed by atoms with Crippen molar-refractivity contribution in [2.24, 2.45) is 5.92 Å². The first-order chi connectivity index (χ1) is 8.24. The van der Waals surface area contributed by atoms with E-state index in [1.807, 2.05) is 45.9 Å². The zero-order valence-corrected chi connectivity index (χ0v) is 11.9. The Kier molecular flexibility index (Phi) is 4.52. The summed E-state index contributed by atoms with van der Waals surface area (Å²) in [6.45, 7) is 9.86. The first-order valence-electron chi connectivity index (χ1n) is 6.32. The van der Waals surface area contributed by atoms with Gasteiger partial charge >= 0.3 is 0 Å². The SMILES string of the molecule is Cc1ccc(C(=O)NCC(C)(O)C(C)C)cc1C. The van der Waals surface area contributed by atoms with Crippen molar-refractivity contribution in [1.82, 2.24) is 5.32 Å². The van der Waals surface area contributed by atoms with Crippen LogP contribution in [0.5, 0.6) is 0 Å². The number of benzene rings is 1. The minimum Gasteiger partial charge on any atom is -0.388 e. The molecule has 0 fully saturated rings. The van der Waals surface area contributed by atoms with Gasteiger partial charge in [0, 0.05) is 12.1 Å². The van der Waals surface area contributed by atoms with Crippen molar-refractivity contribution in [1.29, 1.82) is 0 Å². The molecule has 0 saturated heterocycles. The fraction of sp³-hybridized carbons (Fsp3) is 0.533. The highest BCUT2D eigenvalue weighted by Gasteiger charge is 2.25. The van der Waals surface area contributed by atoms with Gasteiger partial charge < -0.3 is 10.4 Å². The summed E-state index contributed by atoms with van der Waals surface area (Å²) in [4.78, 5) is 12.0. The van der Waals surface area contributed by atoms with Crippen molar-refractivity contribution >= 4 is 5.91 Å². The Hall–Kier alpha value is -1.35. The summed E-state index contributed by atoms with van der Waals surface area (Å²) in [5.74, 6) is -0.0448. The first-order valence-corrected chi connectivity index (χ1v) is 6.32. The number of amides is 1. The largest absolute Gasteiger partial charge is 0.388 e. The normalized spacial score (nSPS) is 14.4. The van der Waals surface area contributed by atoms with Crippen LogP contribution in [-0.4, -0.2) is 23.2 Å². The van der Waals surface area contributed by atoms with Gasteiger partial charge in [0.15, 0.2) is 0 Å². The summed E-state index contributed by atoms with van der Waals surface area (Å²) in [6, 6.07) is 5.61. The van der Waals surface area contributed by atoms with Gasteiger partial charge in [-0.2, -0.15) is 0 Å². The van der Waals surface area contributed by atoms with E-state index >= 15 is 0 Å². The number of carbonyl (C=O) groups is 1. The average molecular weight is 249 g/mol. The van der Waals surface area contributed by atoms with E-state index in [9.17, 15) is 9.90 Å². The number of nitrogens with one attached hydrogen (secondary N) is 1. The molecule has 0 heterocycles. The Morgan fingerprint density at radius 2 is 1.94 bits per heavy atom. The third-order valence-corrected chi connectivity index (χ3v) is 3.62. The summed E-state index contributed by atoms with van der Waals surface area (Å²) in [7, 11) is 0. The number of aryl methyl sites for hydroxylation is 2. The van der Waals surface area contributed by atoms with Gasteiger partial charge in [-0.15, -0.1) is 0 Å². The van der Waals surface area contributed by atoms with Crippen molar-refractivity contribution in [2.75, 3.05) is 6.54 Å². The molecule has 2 N–H and O–H groups in total. The van der Waals surface area contributed by atoms with E-state index in [2.05, 4.69) is 5.32 Å². The molecule has 0 aromatic heterocycles. The number of hydrogen-bond donors (Lipinski definition) is 2. The van der Waals surface area contributed by atoms with Crippen LogP contribution in [0.25, 0.3) is 0 Å². The number of aliphatic hydroxyl groups is 1. The molecule has 1 atom stereocenters. The van der Waals surface area contributed by atoms with E-state index in [1.54, 1.807) is 6.92 Å². The van der Waals surface area contributed by atoms with Crippen molar-refractivity contribution in [3.05, 3.63) is 34.9 Å². The molecule has 0 radical (unpaired) electrons. The minimum absolute atomic E-state index is 0.0950. The molecule has 0 saturated carbocycles. The number of rotatable bonds is 4. The number of carbonyl (C=O) groups excluding carboxylic acids is 1. The van der Waals surface area contributed by atoms with Crippen LogP contribution in [0.3, 0.4) is 0 Å². The molecule has 1 aromatic carbocycles. The summed E-state index contributed by atoms with van der Waals surface area (Å²) < 4.78 is 0. The molecule has 18 heavy (non-hydrogen) atoms. The maximum atomic E-state index is 12.0. The van der Waals surface area contributed by atoms with Crippen molar-refractivity contribution < 1.29 is 9.90 Å². The van der Waals surface area contributed by atoms with Gasteiger partial charge in [0.1, 0.15) is 0 Å². The van der Waals surface area contributed by atoms with Crippen LogP contribution in [0.4, 0.5) is 0 Å². The third kappa shape index (κ3) is 3.57. The van der Waals surface area contributed by atoms with Gasteiger partial charge in [0.25, 0.3) is 5.91 Å². The zero-order valence-electron chi connectivity index (χ0n) is 11.9. The maximum absolute atomic E-state index is 12.0. The second-order valence-corrected chi connectivity index (χ2v) is 5.49. The number of hydrogen-bond acceptors (Lipinski definition) is 2. The lowest BCUT2D eigenvalue weighted by Gasteiger charge is -2.27. The molecule has 0 aliphatic heterocycles. The van der Waals surface area contributed by atoms with E-state index in [0.717, 1.165) is 5.56 Å². The molecule has 1 aromatic rings. The van der Waals surface area contributed by atoms with E-state index in [0.29, 0.717) is 5.56 Å². The first kappa shape index (κ1) is 14.7. The van der Waals surface area contributed by atoms with Gasteiger partial charge in [-0.05, 0) is 49.9 Å². The summed E-state index contributed by atoms with van der Waals surface area (Å²) in [6.07, 6.45) is 0. The van der Waals surface area contributed by atoms with E-state index in [4.69, 9.17) is 0 Å². The molecule has 3 heteroatoms. The quantitative estimate of drug-likeness (QED) is 0.861. The molecular weight excluding hydrogens is 226 g/mol. The fourth-order valence-electron chi connectivity index (χ4n) is 1.45. The topological polar surface area (TPSA) is 49.3 Å². The van der Waals surface area contributed by atoms with Crippen LogP contribution in [-0.2, 0) is 0 Å². The van der Waals surface area contributed by atoms with Crippen LogP contribution in [0.1, 0.15) is 42.3 Å². The minimum atomic E-state index is -0.880. The average Bonchev–Trinajstić information content (AvgIpc) is 2.29. The summed E-state index contributed by atoms with van der Waals surface area (Å²) in [5, 5.41) is 12.8. The van der Waals surface area contributed by atoms with Crippen LogP contribution in [0, 0.1) is 19.8 Å². The third-order valence-electron chi connectivity index (χ3n) is 3.62. The second-order valence-electron chi connectivity index (χ2n) is 5.49. The van der Waals surface area contributed by atoms with E-state index < -0.39 is 5.60 Å². The Labute approximate surface area is 109 Å². The van der Waals surface area contributed by atoms with Crippen LogP contribution < -0.4 is 5.32 Å². The molecule has 1 rings (SSSR count). The standard InChI is InChI=1S/C15H23NO2/c1-10(2)15(5,18)9-16-14(17)13-7-6-11(3)12(4)8-13/h6-8,10,18H,9H2,1-5H3,(H,16,17). The molecule has 0 aliphatic carbocycles. The highest BCUT2D eigenvalue weighted by Crippen LogP contribution is 2.15. The van der Waals surface area contributed by atoms with E-state index in [-0.39, 0.29) is 18.4 Å². The van der Waals surface area contributed by atoms with Gasteiger partial charge in [-0.1, -0.05) is 19.9 Å². The molecule has 0 spiro atoms. The molecule has 0 aliphatic rings. The predicted molar refractivity (Wildman–Crippen MR) is 73.7 cm³/mol. The molecule has 100 valence electrons. The highest BCUT2D eigenvalue weighted by atomic mass is 16.3. The highest BCUT2D eigenvalue weighted by molar-refractivity contribution is 5.94. The maximum Gasteiger partial charge on any atom is 0.251 e. The van der Waals surface area contributed by atoms with Gasteiger partial charge in [0.2, 0.25) is 0 Å². The monoisotopic (exact) mass is 249 g/mol. The lowest BCUT2D eigenvalue weighted by atomic mass is 9.92. The van der Waals surface area contributed by atoms with Gasteiger partial charge in [-0.3, -0.25) is 4.79 Å². The zero-order chi connectivity index (χ0) is 13.9. The molecule has 3 nitrogen and oxygen atoms in total. The van der Waals surface area contributed by atoms with Crippen LogP contribution >= 0.6 is 0 Å². The predicted octanol–water partition coefficient (Wildman–Crippen LogP) is 2.44. The van der Waals surface area contributed by atoms with Gasteiger partial charge in [-0.25, -0.2) is 0 Å².